The molecule has 84 valence electrons. The minimum Gasteiger partial charge on any atom is -0.399 e. The lowest BCUT2D eigenvalue weighted by Gasteiger charge is -2.05. The molecule has 0 aliphatic carbocycles. The van der Waals surface area contributed by atoms with Crippen LogP contribution in [0.3, 0.4) is 0 Å². The summed E-state index contributed by atoms with van der Waals surface area (Å²) in [5.74, 6) is 0. The average molecular weight is 234 g/mol. The van der Waals surface area contributed by atoms with Crippen molar-refractivity contribution in [2.75, 3.05) is 5.73 Å². The number of aromatic nitrogens is 1. The Morgan fingerprint density at radius 3 is 2.38 bits per heavy atom. The van der Waals surface area contributed by atoms with Crippen molar-refractivity contribution in [3.05, 3.63) is 50.1 Å². The van der Waals surface area contributed by atoms with Gasteiger partial charge in [0.15, 0.2) is 0 Å². The molecule has 0 aliphatic rings. The number of nitrogens with zero attached hydrogens (tertiary/aromatic N) is 1. The molecule has 0 amide bonds. The van der Waals surface area contributed by atoms with E-state index in [2.05, 4.69) is 0 Å². The lowest BCUT2D eigenvalue weighted by Crippen LogP contribution is -2.15. The molecule has 3 nitrogen and oxygen atoms in total. The van der Waals surface area contributed by atoms with E-state index in [0.29, 0.717) is 6.54 Å². The summed E-state index contributed by atoms with van der Waals surface area (Å²) in [6.07, 6.45) is 0. The standard InChI is InChI=1S/C12H14N2OS/c1-8-9(2)16-12(15)14(8)7-10-3-5-11(13)6-4-10/h3-6H,7,13H2,1-2H3. The highest BCUT2D eigenvalue weighted by Gasteiger charge is 2.07. The van der Waals surface area contributed by atoms with Crippen molar-refractivity contribution in [3.8, 4) is 0 Å². The van der Waals surface area contributed by atoms with Gasteiger partial charge in [-0.1, -0.05) is 23.5 Å². The Hall–Kier alpha value is -1.55. The first-order valence-electron chi connectivity index (χ1n) is 5.09. The van der Waals surface area contributed by atoms with Crippen LogP contribution in [-0.4, -0.2) is 4.57 Å². The van der Waals surface area contributed by atoms with Crippen LogP contribution in [-0.2, 0) is 6.54 Å². The van der Waals surface area contributed by atoms with Crippen molar-refractivity contribution in [1.82, 2.24) is 4.57 Å². The van der Waals surface area contributed by atoms with Crippen LogP contribution in [0.4, 0.5) is 5.69 Å². The molecule has 1 aromatic carbocycles. The van der Waals surface area contributed by atoms with Crippen molar-refractivity contribution >= 4 is 17.0 Å². The van der Waals surface area contributed by atoms with Crippen LogP contribution in [0, 0.1) is 13.8 Å². The SMILES string of the molecule is Cc1sc(=O)n(Cc2ccc(N)cc2)c1C. The third-order valence-corrected chi connectivity index (χ3v) is 3.69. The van der Waals surface area contributed by atoms with Gasteiger partial charge in [-0.15, -0.1) is 0 Å². The number of hydrogen-bond donors (Lipinski definition) is 1. The molecular formula is C12H14N2OS. The van der Waals surface area contributed by atoms with Crippen LogP contribution in [0.1, 0.15) is 16.1 Å². The molecule has 1 heterocycles. The van der Waals surface area contributed by atoms with E-state index in [-0.39, 0.29) is 4.87 Å². The lowest BCUT2D eigenvalue weighted by atomic mass is 10.2. The largest absolute Gasteiger partial charge is 0.399 e. The number of aryl methyl sites for hydroxylation is 1. The second-order valence-electron chi connectivity index (χ2n) is 3.84. The molecule has 2 N–H and O–H groups in total. The van der Waals surface area contributed by atoms with E-state index in [0.717, 1.165) is 21.8 Å². The van der Waals surface area contributed by atoms with E-state index in [9.17, 15) is 4.79 Å². The van der Waals surface area contributed by atoms with Crippen LogP contribution >= 0.6 is 11.3 Å². The highest BCUT2D eigenvalue weighted by atomic mass is 32.1. The number of anilines is 1. The topological polar surface area (TPSA) is 48.0 Å². The predicted octanol–water partition coefficient (Wildman–Crippen LogP) is 2.16. The number of nitrogens with two attached hydrogens (primary N) is 1. The van der Waals surface area contributed by atoms with Crippen LogP contribution < -0.4 is 10.6 Å². The molecule has 0 aliphatic heterocycles. The zero-order chi connectivity index (χ0) is 11.7. The molecule has 16 heavy (non-hydrogen) atoms. The molecule has 0 bridgehead atoms. The summed E-state index contributed by atoms with van der Waals surface area (Å²) >= 11 is 1.30. The van der Waals surface area contributed by atoms with Crippen LogP contribution in [0.15, 0.2) is 29.1 Å². The molecule has 0 unspecified atom stereocenters. The van der Waals surface area contributed by atoms with Gasteiger partial charge in [-0.05, 0) is 31.5 Å². The summed E-state index contributed by atoms with van der Waals surface area (Å²) in [6.45, 7) is 4.57. The molecule has 0 saturated carbocycles. The Kier molecular flexibility index (Phi) is 2.83. The van der Waals surface area contributed by atoms with Gasteiger partial charge in [-0.25, -0.2) is 0 Å². The Balaban J connectivity index is 2.34. The molecule has 0 fully saturated rings. The summed E-state index contributed by atoms with van der Waals surface area (Å²) in [5, 5.41) is 0. The number of thiazole rings is 1. The van der Waals surface area contributed by atoms with Crippen molar-refractivity contribution in [2.24, 2.45) is 0 Å². The third-order valence-electron chi connectivity index (χ3n) is 2.70. The van der Waals surface area contributed by atoms with Gasteiger partial charge in [-0.3, -0.25) is 9.36 Å². The molecule has 0 spiro atoms. The number of rotatable bonds is 2. The monoisotopic (exact) mass is 234 g/mol. The number of nitrogen functional groups attached to an aromatic ring is 1. The van der Waals surface area contributed by atoms with Crippen molar-refractivity contribution < 1.29 is 0 Å². The molecule has 1 aromatic heterocycles. The quantitative estimate of drug-likeness (QED) is 0.809. The minimum absolute atomic E-state index is 0.104. The van der Waals surface area contributed by atoms with E-state index in [1.807, 2.05) is 38.1 Å². The fourth-order valence-electron chi connectivity index (χ4n) is 1.58. The third kappa shape index (κ3) is 2.02. The zero-order valence-corrected chi connectivity index (χ0v) is 10.2. The fourth-order valence-corrected chi connectivity index (χ4v) is 2.41. The smallest absolute Gasteiger partial charge is 0.307 e. The highest BCUT2D eigenvalue weighted by molar-refractivity contribution is 7.09. The summed E-state index contributed by atoms with van der Waals surface area (Å²) in [6, 6.07) is 7.62. The second kappa shape index (κ2) is 4.14. The maximum atomic E-state index is 11.7. The van der Waals surface area contributed by atoms with E-state index in [1.165, 1.54) is 11.3 Å². The normalized spacial score (nSPS) is 10.6. The van der Waals surface area contributed by atoms with Gasteiger partial charge >= 0.3 is 4.87 Å². The Morgan fingerprint density at radius 1 is 1.25 bits per heavy atom. The minimum atomic E-state index is 0.104. The first-order valence-corrected chi connectivity index (χ1v) is 5.91. The van der Waals surface area contributed by atoms with E-state index in [1.54, 1.807) is 4.57 Å². The molecule has 0 atom stereocenters. The van der Waals surface area contributed by atoms with Gasteiger partial charge in [0.1, 0.15) is 0 Å². The van der Waals surface area contributed by atoms with Crippen molar-refractivity contribution in [3.63, 3.8) is 0 Å². The second-order valence-corrected chi connectivity index (χ2v) is 5.00. The van der Waals surface area contributed by atoms with Crippen molar-refractivity contribution in [1.29, 1.82) is 0 Å². The van der Waals surface area contributed by atoms with E-state index >= 15 is 0 Å². The maximum Gasteiger partial charge on any atom is 0.307 e. The summed E-state index contributed by atoms with van der Waals surface area (Å²) in [4.78, 5) is 12.9. The molecule has 4 heteroatoms. The molecule has 2 rings (SSSR count). The van der Waals surface area contributed by atoms with Gasteiger partial charge in [0.25, 0.3) is 0 Å². The predicted molar refractivity (Wildman–Crippen MR) is 68.0 cm³/mol. The Morgan fingerprint density at radius 2 is 1.88 bits per heavy atom. The fraction of sp³-hybridized carbons (Fsp3) is 0.250. The zero-order valence-electron chi connectivity index (χ0n) is 9.36. The molecule has 0 radical (unpaired) electrons. The summed E-state index contributed by atoms with van der Waals surface area (Å²) < 4.78 is 1.80. The molecular weight excluding hydrogens is 220 g/mol. The van der Waals surface area contributed by atoms with Crippen molar-refractivity contribution in [2.45, 2.75) is 20.4 Å². The van der Waals surface area contributed by atoms with Crippen LogP contribution in [0.25, 0.3) is 0 Å². The van der Waals surface area contributed by atoms with Gasteiger partial charge in [0.2, 0.25) is 0 Å². The average Bonchev–Trinajstić information content (AvgIpc) is 2.48. The van der Waals surface area contributed by atoms with Gasteiger partial charge in [0, 0.05) is 16.3 Å². The lowest BCUT2D eigenvalue weighted by molar-refractivity contribution is 0.751. The Labute approximate surface area is 98.2 Å². The Bertz CT molecular complexity index is 551. The first-order chi connectivity index (χ1) is 7.58. The number of benzene rings is 1. The van der Waals surface area contributed by atoms with Gasteiger partial charge < -0.3 is 5.73 Å². The van der Waals surface area contributed by atoms with Gasteiger partial charge in [-0.2, -0.15) is 0 Å². The van der Waals surface area contributed by atoms with E-state index in [4.69, 9.17) is 5.73 Å². The van der Waals surface area contributed by atoms with Gasteiger partial charge in [0.05, 0.1) is 6.54 Å². The first kappa shape index (κ1) is 11.0. The summed E-state index contributed by atoms with van der Waals surface area (Å²) in [7, 11) is 0. The number of hydrogen-bond acceptors (Lipinski definition) is 3. The van der Waals surface area contributed by atoms with E-state index < -0.39 is 0 Å². The molecule has 0 saturated heterocycles. The van der Waals surface area contributed by atoms with Crippen LogP contribution in [0.2, 0.25) is 0 Å². The van der Waals surface area contributed by atoms with Crippen LogP contribution in [0.5, 0.6) is 0 Å². The molecule has 2 aromatic rings. The maximum absolute atomic E-state index is 11.7. The highest BCUT2D eigenvalue weighted by Crippen LogP contribution is 2.12. The summed E-state index contributed by atoms with van der Waals surface area (Å²) in [5.41, 5.74) is 8.50.